The lowest BCUT2D eigenvalue weighted by molar-refractivity contribution is -0.142. The molecule has 0 saturated heterocycles. The van der Waals surface area contributed by atoms with Crippen molar-refractivity contribution in [3.05, 3.63) is 144 Å². The van der Waals surface area contributed by atoms with E-state index in [4.69, 9.17) is 28.7 Å². The van der Waals surface area contributed by atoms with Crippen molar-refractivity contribution in [2.45, 2.75) is 125 Å². The highest BCUT2D eigenvalue weighted by Crippen LogP contribution is 2.13. The molecule has 7 amide bonds. The maximum atomic E-state index is 14.7. The van der Waals surface area contributed by atoms with Gasteiger partial charge in [0, 0.05) is 45.2 Å². The van der Waals surface area contributed by atoms with Crippen LogP contribution < -0.4 is 65.9 Å². The molecule has 85 heavy (non-hydrogen) atoms. The molecule has 0 fully saturated rings. The monoisotopic (exact) mass is 1180 g/mol. The molecule has 0 heterocycles. The molecule has 0 bridgehead atoms. The maximum absolute atomic E-state index is 14.7. The number of carboxylic acids is 3. The van der Waals surface area contributed by atoms with Crippen LogP contribution in [-0.4, -0.2) is 148 Å². The van der Waals surface area contributed by atoms with E-state index in [-0.39, 0.29) is 76.4 Å². The third kappa shape index (κ3) is 25.8. The molecule has 27 heteroatoms. The number of guanidine groups is 2. The molecule has 0 aliphatic carbocycles. The average molecular weight is 1180 g/mol. The topological polar surface area (TPSA) is 470 Å². The van der Waals surface area contributed by atoms with Crippen LogP contribution in [-0.2, 0) is 73.6 Å². The number of aliphatic imine (C=N–C) groups is 2. The van der Waals surface area contributed by atoms with Crippen LogP contribution in [0.1, 0.15) is 73.6 Å². The fourth-order valence-electron chi connectivity index (χ4n) is 8.66. The number of hydrogen-bond donors (Lipinski definition) is 15. The van der Waals surface area contributed by atoms with Crippen LogP contribution in [0.15, 0.2) is 131 Å². The third-order valence-corrected chi connectivity index (χ3v) is 13.1. The molecule has 4 aromatic rings. The number of nitrogens with one attached hydrogen (secondary N) is 7. The first kappa shape index (κ1) is 67.6. The molecule has 20 N–H and O–H groups in total. The summed E-state index contributed by atoms with van der Waals surface area (Å²) in [6.45, 7) is 0.0271. The summed E-state index contributed by atoms with van der Waals surface area (Å²) in [4.78, 5) is 144. The minimum absolute atomic E-state index is 0.0303. The highest BCUT2D eigenvalue weighted by atomic mass is 16.4. The van der Waals surface area contributed by atoms with Crippen LogP contribution in [0, 0.1) is 0 Å². The molecule has 8 atom stereocenters. The Morgan fingerprint density at radius 3 is 0.918 bits per heavy atom. The van der Waals surface area contributed by atoms with Gasteiger partial charge in [0.15, 0.2) is 11.9 Å². The van der Waals surface area contributed by atoms with Gasteiger partial charge in [0.25, 0.3) is 0 Å². The van der Waals surface area contributed by atoms with E-state index in [1.165, 1.54) is 0 Å². The molecule has 0 aliphatic heterocycles. The molecule has 4 rings (SSSR count). The number of nitrogens with two attached hydrogens (primary N) is 5. The number of carbonyl (C=O) groups is 10. The summed E-state index contributed by atoms with van der Waals surface area (Å²) in [7, 11) is 0. The number of hydrogen-bond acceptors (Lipinski definition) is 13. The zero-order valence-electron chi connectivity index (χ0n) is 46.8. The van der Waals surface area contributed by atoms with Gasteiger partial charge in [-0.2, -0.15) is 0 Å². The molecule has 0 aromatic heterocycles. The number of nitrogens with zero attached hydrogens (tertiary/aromatic N) is 2. The van der Waals surface area contributed by atoms with E-state index in [0.717, 1.165) is 5.56 Å². The standard InChI is InChI=1S/C58H76N14O13/c59-39(31-35-15-5-1-6-16-35)49(77)66-41(25-27-47(73)74)51(79)71-44(32-36-17-7-2-8-18-36)53(81)67-40(23-13-29-64-57(60)61)50(78)70-45(33-37-19-9-3-10-20-37)54(82)68-42(26-28-48(75)76)52(80)72-46(34-38-21-11-4-12-22-38)55(83)69-43(56(84)85)24-14-30-65-58(62)63/h1-12,15-22,39-46H,13-14,23-34,59H2,(H,66,77)(H,67,81)(H,68,82)(H,69,83)(H,70,78)(H,71,79)(H,72,80)(H,73,74)(H,75,76)(H,84,85)(H4,60,61,64)(H4,62,63,65)/t39-,40-,41-,42-,43-,44-,45-,46-/m0/s1. The Hall–Kier alpha value is -9.92. The molecule has 0 spiro atoms. The smallest absolute Gasteiger partial charge is 0.326 e. The van der Waals surface area contributed by atoms with Crippen LogP contribution in [0.3, 0.4) is 0 Å². The van der Waals surface area contributed by atoms with Gasteiger partial charge in [-0.15, -0.1) is 0 Å². The minimum Gasteiger partial charge on any atom is -0.481 e. The van der Waals surface area contributed by atoms with Crippen molar-refractivity contribution in [2.75, 3.05) is 13.1 Å². The zero-order valence-corrected chi connectivity index (χ0v) is 46.8. The summed E-state index contributed by atoms with van der Waals surface area (Å²) in [5.74, 6) is -11.1. The third-order valence-electron chi connectivity index (χ3n) is 13.1. The quantitative estimate of drug-likeness (QED) is 0.0140. The second-order valence-corrected chi connectivity index (χ2v) is 19.9. The Morgan fingerprint density at radius 1 is 0.353 bits per heavy atom. The Balaban J connectivity index is 1.67. The molecular formula is C58H76N14O13. The molecule has 4 aromatic carbocycles. The van der Waals surface area contributed by atoms with Gasteiger partial charge in [-0.25, -0.2) is 4.79 Å². The van der Waals surface area contributed by atoms with Crippen molar-refractivity contribution < 1.29 is 63.3 Å². The summed E-state index contributed by atoms with van der Waals surface area (Å²) < 4.78 is 0. The van der Waals surface area contributed by atoms with Crippen molar-refractivity contribution in [2.24, 2.45) is 38.7 Å². The van der Waals surface area contributed by atoms with Crippen LogP contribution in [0.5, 0.6) is 0 Å². The van der Waals surface area contributed by atoms with Crippen molar-refractivity contribution in [1.82, 2.24) is 37.2 Å². The predicted octanol–water partition coefficient (Wildman–Crippen LogP) is -1.40. The first-order chi connectivity index (χ1) is 40.6. The fourth-order valence-corrected chi connectivity index (χ4v) is 8.66. The van der Waals surface area contributed by atoms with Gasteiger partial charge >= 0.3 is 17.9 Å². The fraction of sp³-hybridized carbons (Fsp3) is 0.379. The van der Waals surface area contributed by atoms with Gasteiger partial charge in [-0.05, 0) is 67.2 Å². The van der Waals surface area contributed by atoms with E-state index in [1.54, 1.807) is 121 Å². The lowest BCUT2D eigenvalue weighted by Gasteiger charge is -2.28. The van der Waals surface area contributed by atoms with E-state index >= 15 is 0 Å². The van der Waals surface area contributed by atoms with Crippen LogP contribution in [0.25, 0.3) is 0 Å². The van der Waals surface area contributed by atoms with E-state index in [9.17, 15) is 63.3 Å². The molecule has 0 unspecified atom stereocenters. The average Bonchev–Trinajstić information content (AvgIpc) is 3.68. The lowest BCUT2D eigenvalue weighted by atomic mass is 10.0. The van der Waals surface area contributed by atoms with E-state index < -0.39 is 133 Å². The second kappa shape index (κ2) is 35.8. The Labute approximate surface area is 490 Å². The molecule has 0 radical (unpaired) electrons. The highest BCUT2D eigenvalue weighted by Gasteiger charge is 2.35. The van der Waals surface area contributed by atoms with Crippen LogP contribution in [0.2, 0.25) is 0 Å². The second-order valence-electron chi connectivity index (χ2n) is 19.9. The van der Waals surface area contributed by atoms with Crippen molar-refractivity contribution in [3.63, 3.8) is 0 Å². The number of benzene rings is 4. The van der Waals surface area contributed by atoms with Gasteiger partial charge in [0.05, 0.1) is 6.04 Å². The largest absolute Gasteiger partial charge is 0.481 e. The van der Waals surface area contributed by atoms with Gasteiger partial charge < -0.3 is 81.2 Å². The molecule has 0 aliphatic rings. The van der Waals surface area contributed by atoms with Gasteiger partial charge in [0.2, 0.25) is 41.4 Å². The van der Waals surface area contributed by atoms with Gasteiger partial charge in [-0.1, -0.05) is 121 Å². The minimum atomic E-state index is -1.68. The Morgan fingerprint density at radius 2 is 0.612 bits per heavy atom. The maximum Gasteiger partial charge on any atom is 0.326 e. The molecule has 27 nitrogen and oxygen atoms in total. The van der Waals surface area contributed by atoms with Crippen molar-refractivity contribution >= 4 is 71.2 Å². The number of rotatable bonds is 37. The summed E-state index contributed by atoms with van der Waals surface area (Å²) in [5, 5.41) is 47.3. The van der Waals surface area contributed by atoms with Crippen LogP contribution >= 0.6 is 0 Å². The first-order valence-electron chi connectivity index (χ1n) is 27.4. The van der Waals surface area contributed by atoms with Crippen LogP contribution in [0.4, 0.5) is 0 Å². The zero-order chi connectivity index (χ0) is 62.3. The summed E-state index contributed by atoms with van der Waals surface area (Å²) in [6, 6.07) is 22.1. The van der Waals surface area contributed by atoms with Gasteiger partial charge in [0.1, 0.15) is 42.3 Å². The predicted molar refractivity (Wildman–Crippen MR) is 313 cm³/mol. The number of carboxylic acid groups (broad SMARTS) is 3. The summed E-state index contributed by atoms with van der Waals surface area (Å²) in [5.41, 5.74) is 30.4. The van der Waals surface area contributed by atoms with Gasteiger partial charge in [-0.3, -0.25) is 53.1 Å². The Bertz CT molecular complexity index is 2910. The summed E-state index contributed by atoms with van der Waals surface area (Å²) >= 11 is 0. The van der Waals surface area contributed by atoms with E-state index in [1.807, 2.05) is 0 Å². The highest BCUT2D eigenvalue weighted by molar-refractivity contribution is 5.98. The molecule has 0 saturated carbocycles. The first-order valence-corrected chi connectivity index (χ1v) is 27.4. The normalized spacial score (nSPS) is 13.6. The number of amides is 7. The Kier molecular flexibility index (Phi) is 28.5. The molecular weight excluding hydrogens is 1100 g/mol. The number of aliphatic carboxylic acids is 3. The molecule has 456 valence electrons. The lowest BCUT2D eigenvalue weighted by Crippen LogP contribution is -2.61. The summed E-state index contributed by atoms with van der Waals surface area (Å²) in [6.07, 6.45) is -2.73. The van der Waals surface area contributed by atoms with Crippen molar-refractivity contribution in [1.29, 1.82) is 0 Å². The SMILES string of the molecule is NC(N)=NCCC[C@H](NC(=O)[C@H](Cc1ccccc1)NC(=O)[C@H](CCC(=O)O)NC(=O)[C@H](Cc1ccccc1)NC(=O)[C@H](CCCN=C(N)N)NC(=O)[C@H](Cc1ccccc1)NC(=O)[C@H](CCC(=O)O)NC(=O)[C@@H](N)Cc1ccccc1)C(=O)O. The van der Waals surface area contributed by atoms with E-state index in [2.05, 4.69) is 47.2 Å². The number of carbonyl (C=O) groups excluding carboxylic acids is 7. The van der Waals surface area contributed by atoms with E-state index in [0.29, 0.717) is 16.7 Å². The van der Waals surface area contributed by atoms with Crippen molar-refractivity contribution in [3.8, 4) is 0 Å².